The molecule has 0 N–H and O–H groups in total. The molecule has 2 heteroatoms. The molecule has 0 aliphatic carbocycles. The molecule has 1 aromatic rings. The van der Waals surface area contributed by atoms with Gasteiger partial charge in [-0.1, -0.05) is 26.2 Å². The van der Waals surface area contributed by atoms with Crippen LogP contribution in [-0.4, -0.2) is 4.68 Å². The molecule has 2 nitrogen and oxygen atoms in total. The van der Waals surface area contributed by atoms with E-state index >= 15 is 0 Å². The predicted octanol–water partition coefficient (Wildman–Crippen LogP) is 1.89. The van der Waals surface area contributed by atoms with Gasteiger partial charge >= 0.3 is 0 Å². The van der Waals surface area contributed by atoms with Crippen molar-refractivity contribution >= 4 is 0 Å². The summed E-state index contributed by atoms with van der Waals surface area (Å²) in [4.78, 5) is 0. The van der Waals surface area contributed by atoms with Crippen LogP contribution >= 0.6 is 0 Å². The van der Waals surface area contributed by atoms with Crippen LogP contribution in [0.1, 0.15) is 32.6 Å². The molecular weight excluding hydrogens is 148 g/mol. The monoisotopic (exact) mass is 167 g/mol. The Morgan fingerprint density at radius 3 is 2.67 bits per heavy atom. The van der Waals surface area contributed by atoms with E-state index in [0.717, 1.165) is 6.54 Å². The average Bonchev–Trinajstić information content (AvgIpc) is 2.46. The van der Waals surface area contributed by atoms with Crippen LogP contribution in [0.2, 0.25) is 0 Å². The molecule has 0 aliphatic rings. The lowest BCUT2D eigenvalue weighted by molar-refractivity contribution is -0.753. The minimum Gasteiger partial charge on any atom is -0.161 e. The lowest BCUT2D eigenvalue weighted by Gasteiger charge is -1.99. The zero-order valence-corrected chi connectivity index (χ0v) is 8.16. The van der Waals surface area contributed by atoms with Gasteiger partial charge in [0.2, 0.25) is 0 Å². The minimum absolute atomic E-state index is 1.16. The Morgan fingerprint density at radius 2 is 2.08 bits per heavy atom. The lowest BCUT2D eigenvalue weighted by Crippen LogP contribution is -2.37. The lowest BCUT2D eigenvalue weighted by atomic mass is 10.2. The summed E-state index contributed by atoms with van der Waals surface area (Å²) >= 11 is 0. The van der Waals surface area contributed by atoms with Gasteiger partial charge in [0.05, 0.1) is 12.7 Å². The predicted molar refractivity (Wildman–Crippen MR) is 49.8 cm³/mol. The van der Waals surface area contributed by atoms with E-state index < -0.39 is 0 Å². The van der Waals surface area contributed by atoms with Crippen LogP contribution in [0.3, 0.4) is 0 Å². The quantitative estimate of drug-likeness (QED) is 0.468. The maximum atomic E-state index is 2.25. The Balaban J connectivity index is 2.20. The summed E-state index contributed by atoms with van der Waals surface area (Å²) in [6.07, 6.45) is 9.56. The molecule has 1 aromatic heterocycles. The summed E-state index contributed by atoms with van der Waals surface area (Å²) in [5.41, 5.74) is 0. The average molecular weight is 167 g/mol. The highest BCUT2D eigenvalue weighted by molar-refractivity contribution is 4.71. The number of aromatic nitrogens is 2. The molecule has 0 radical (unpaired) electrons. The standard InChI is InChI=1S/C10H19N2/c1-3-4-5-6-9-12-10-7-8-11(12)2/h7-8,10H,3-6,9H2,1-2H3/q+1. The third-order valence-electron chi connectivity index (χ3n) is 2.21. The highest BCUT2D eigenvalue weighted by Gasteiger charge is 1.99. The third kappa shape index (κ3) is 2.68. The first kappa shape index (κ1) is 9.30. The Labute approximate surface area is 74.8 Å². The maximum absolute atomic E-state index is 2.25. The van der Waals surface area contributed by atoms with Gasteiger partial charge in [0.15, 0.2) is 13.2 Å². The second kappa shape index (κ2) is 4.96. The Bertz CT molecular complexity index is 215. The van der Waals surface area contributed by atoms with Crippen molar-refractivity contribution < 1.29 is 4.68 Å². The van der Waals surface area contributed by atoms with Crippen LogP contribution in [0.25, 0.3) is 0 Å². The normalized spacial score (nSPS) is 10.5. The Morgan fingerprint density at radius 1 is 1.25 bits per heavy atom. The molecule has 0 amide bonds. The number of hydrogen-bond acceptors (Lipinski definition) is 0. The molecule has 0 unspecified atom stereocenters. The van der Waals surface area contributed by atoms with Crippen LogP contribution in [0.4, 0.5) is 0 Å². The maximum Gasteiger partial charge on any atom is 0.195 e. The number of hydrogen-bond donors (Lipinski definition) is 0. The van der Waals surface area contributed by atoms with Crippen molar-refractivity contribution in [3.05, 3.63) is 18.5 Å². The van der Waals surface area contributed by atoms with E-state index in [1.165, 1.54) is 25.7 Å². The fourth-order valence-corrected chi connectivity index (χ4v) is 1.39. The van der Waals surface area contributed by atoms with Crippen molar-refractivity contribution in [1.29, 1.82) is 0 Å². The van der Waals surface area contributed by atoms with Gasteiger partial charge in [0, 0.05) is 6.07 Å². The largest absolute Gasteiger partial charge is 0.195 e. The van der Waals surface area contributed by atoms with Gasteiger partial charge in [-0.2, -0.15) is 4.68 Å². The smallest absolute Gasteiger partial charge is 0.161 e. The molecule has 0 aliphatic heterocycles. The first-order chi connectivity index (χ1) is 5.84. The van der Waals surface area contributed by atoms with Gasteiger partial charge in [-0.3, -0.25) is 0 Å². The van der Waals surface area contributed by atoms with Crippen molar-refractivity contribution in [2.24, 2.45) is 7.05 Å². The molecule has 1 heterocycles. The van der Waals surface area contributed by atoms with E-state index in [-0.39, 0.29) is 0 Å². The second-order valence-electron chi connectivity index (χ2n) is 3.29. The van der Waals surface area contributed by atoms with E-state index in [9.17, 15) is 0 Å². The molecule has 0 bridgehead atoms. The molecule has 0 saturated carbocycles. The zero-order valence-electron chi connectivity index (χ0n) is 8.16. The summed E-state index contributed by atoms with van der Waals surface area (Å²) in [5, 5.41) is 0. The Kier molecular flexibility index (Phi) is 3.85. The minimum atomic E-state index is 1.16. The molecule has 0 spiro atoms. The fraction of sp³-hybridized carbons (Fsp3) is 0.700. The number of nitrogens with zero attached hydrogens (tertiary/aromatic N) is 2. The van der Waals surface area contributed by atoms with Crippen molar-refractivity contribution in [3.8, 4) is 0 Å². The summed E-state index contributed by atoms with van der Waals surface area (Å²) in [6, 6.07) is 2.08. The summed E-state index contributed by atoms with van der Waals surface area (Å²) in [7, 11) is 2.08. The topological polar surface area (TPSA) is 8.81 Å². The molecule has 0 saturated heterocycles. The van der Waals surface area contributed by atoms with Gasteiger partial charge in [0.25, 0.3) is 0 Å². The van der Waals surface area contributed by atoms with Gasteiger partial charge in [0.1, 0.15) is 0 Å². The van der Waals surface area contributed by atoms with Crippen LogP contribution < -0.4 is 4.68 Å². The van der Waals surface area contributed by atoms with Gasteiger partial charge < -0.3 is 0 Å². The fourth-order valence-electron chi connectivity index (χ4n) is 1.39. The van der Waals surface area contributed by atoms with E-state index in [1.807, 2.05) is 0 Å². The van der Waals surface area contributed by atoms with E-state index in [2.05, 4.69) is 41.8 Å². The van der Waals surface area contributed by atoms with Crippen LogP contribution in [0.15, 0.2) is 18.5 Å². The van der Waals surface area contributed by atoms with Crippen LogP contribution in [0, 0.1) is 0 Å². The first-order valence-corrected chi connectivity index (χ1v) is 4.85. The number of unbranched alkanes of at least 4 members (excludes halogenated alkanes) is 3. The molecule has 0 aromatic carbocycles. The molecule has 68 valence electrons. The van der Waals surface area contributed by atoms with Crippen molar-refractivity contribution in [3.63, 3.8) is 0 Å². The summed E-state index contributed by atoms with van der Waals surface area (Å²) in [6.45, 7) is 3.40. The summed E-state index contributed by atoms with van der Waals surface area (Å²) in [5.74, 6) is 0. The number of aryl methyl sites for hydroxylation is 2. The van der Waals surface area contributed by atoms with Gasteiger partial charge in [-0.25, -0.2) is 0 Å². The second-order valence-corrected chi connectivity index (χ2v) is 3.29. The van der Waals surface area contributed by atoms with Gasteiger partial charge in [-0.15, -0.1) is 4.68 Å². The Hall–Kier alpha value is -0.790. The van der Waals surface area contributed by atoms with Crippen molar-refractivity contribution in [2.75, 3.05) is 0 Å². The van der Waals surface area contributed by atoms with E-state index in [0.29, 0.717) is 0 Å². The molecular formula is C10H19N2+. The van der Waals surface area contributed by atoms with Crippen LogP contribution in [-0.2, 0) is 13.6 Å². The third-order valence-corrected chi connectivity index (χ3v) is 2.21. The number of rotatable bonds is 5. The van der Waals surface area contributed by atoms with Gasteiger partial charge in [-0.05, 0) is 6.42 Å². The van der Waals surface area contributed by atoms with Crippen molar-refractivity contribution in [2.45, 2.75) is 39.2 Å². The first-order valence-electron chi connectivity index (χ1n) is 4.85. The zero-order chi connectivity index (χ0) is 8.81. The van der Waals surface area contributed by atoms with Crippen LogP contribution in [0.5, 0.6) is 0 Å². The van der Waals surface area contributed by atoms with E-state index in [1.54, 1.807) is 0 Å². The SMILES string of the molecule is CCCCCCn1ccc[n+]1C. The molecule has 12 heavy (non-hydrogen) atoms. The molecule has 0 atom stereocenters. The van der Waals surface area contributed by atoms with E-state index in [4.69, 9.17) is 0 Å². The molecule has 1 rings (SSSR count). The van der Waals surface area contributed by atoms with Crippen molar-refractivity contribution in [1.82, 2.24) is 4.68 Å². The highest BCUT2D eigenvalue weighted by atomic mass is 15.4. The summed E-state index contributed by atoms with van der Waals surface area (Å²) < 4.78 is 4.38. The highest BCUT2D eigenvalue weighted by Crippen LogP contribution is 1.99. The molecule has 0 fully saturated rings.